The van der Waals surface area contributed by atoms with Gasteiger partial charge in [0.15, 0.2) is 5.11 Å². The number of benzene rings is 1. The number of aliphatic hydroxyl groups is 1. The van der Waals surface area contributed by atoms with Crippen LogP contribution in [0.25, 0.3) is 0 Å². The molecule has 1 saturated heterocycles. The van der Waals surface area contributed by atoms with Crippen LogP contribution in [0.3, 0.4) is 0 Å². The van der Waals surface area contributed by atoms with Gasteiger partial charge in [0.2, 0.25) is 0 Å². The Morgan fingerprint density at radius 2 is 2.00 bits per heavy atom. The minimum absolute atomic E-state index is 0.0153. The van der Waals surface area contributed by atoms with Crippen molar-refractivity contribution in [2.24, 2.45) is 0 Å². The molecule has 0 radical (unpaired) electrons. The molecule has 2 rings (SSSR count). The zero-order valence-electron chi connectivity index (χ0n) is 11.2. The molecule has 0 aromatic heterocycles. The fraction of sp³-hybridized carbons (Fsp3) is 0.214. The van der Waals surface area contributed by atoms with E-state index in [4.69, 9.17) is 23.8 Å². The van der Waals surface area contributed by atoms with Gasteiger partial charge in [-0.15, -0.1) is 0 Å². The molecule has 1 aliphatic rings. The van der Waals surface area contributed by atoms with E-state index in [0.717, 1.165) is 0 Å². The molecular weight excluding hydrogens is 312 g/mol. The van der Waals surface area contributed by atoms with Crippen LogP contribution in [0.5, 0.6) is 0 Å². The van der Waals surface area contributed by atoms with Gasteiger partial charge in [-0.1, -0.05) is 17.7 Å². The van der Waals surface area contributed by atoms with E-state index >= 15 is 0 Å². The Labute approximate surface area is 132 Å². The van der Waals surface area contributed by atoms with Crippen molar-refractivity contribution in [3.63, 3.8) is 0 Å². The molecule has 0 bridgehead atoms. The summed E-state index contributed by atoms with van der Waals surface area (Å²) in [5.74, 6) is -1.08. The van der Waals surface area contributed by atoms with Crippen LogP contribution < -0.4 is 10.2 Å². The van der Waals surface area contributed by atoms with Gasteiger partial charge in [-0.05, 0) is 49.8 Å². The number of anilines is 1. The van der Waals surface area contributed by atoms with E-state index < -0.39 is 17.9 Å². The summed E-state index contributed by atoms with van der Waals surface area (Å²) in [6, 6.07) is 6.53. The van der Waals surface area contributed by atoms with Crippen molar-refractivity contribution in [1.82, 2.24) is 5.32 Å². The van der Waals surface area contributed by atoms with Crippen molar-refractivity contribution >= 4 is 46.4 Å². The first-order valence-corrected chi connectivity index (χ1v) is 7.02. The molecule has 2 N–H and O–H groups in total. The minimum Gasteiger partial charge on any atom is -0.393 e. The van der Waals surface area contributed by atoms with Crippen molar-refractivity contribution in [2.75, 3.05) is 4.90 Å². The largest absolute Gasteiger partial charge is 0.393 e. The highest BCUT2D eigenvalue weighted by Crippen LogP contribution is 2.22. The molecule has 0 spiro atoms. The second-order valence-electron chi connectivity index (χ2n) is 4.58. The first kappa shape index (κ1) is 15.6. The topological polar surface area (TPSA) is 69.6 Å². The zero-order chi connectivity index (χ0) is 15.6. The Hall–Kier alpha value is -1.76. The summed E-state index contributed by atoms with van der Waals surface area (Å²) in [4.78, 5) is 25.5. The molecule has 1 aliphatic heterocycles. The molecule has 1 atom stereocenters. The molecule has 110 valence electrons. The lowest BCUT2D eigenvalue weighted by atomic mass is 10.1. The lowest BCUT2D eigenvalue weighted by Gasteiger charge is -2.29. The predicted octanol–water partition coefficient (Wildman–Crippen LogP) is 1.78. The molecule has 1 aromatic carbocycles. The van der Waals surface area contributed by atoms with Crippen LogP contribution in [-0.2, 0) is 9.59 Å². The number of hydrogen-bond donors (Lipinski definition) is 2. The number of halogens is 1. The third-order valence-corrected chi connectivity index (χ3v) is 3.39. The van der Waals surface area contributed by atoms with E-state index in [1.54, 1.807) is 31.2 Å². The van der Waals surface area contributed by atoms with Crippen molar-refractivity contribution in [3.05, 3.63) is 40.9 Å². The highest BCUT2D eigenvalue weighted by molar-refractivity contribution is 7.80. The van der Waals surface area contributed by atoms with Crippen molar-refractivity contribution in [2.45, 2.75) is 19.4 Å². The Bertz CT molecular complexity index is 626. The second-order valence-corrected chi connectivity index (χ2v) is 5.40. The molecule has 1 aromatic rings. The van der Waals surface area contributed by atoms with E-state index in [-0.39, 0.29) is 17.1 Å². The van der Waals surface area contributed by atoms with Crippen LogP contribution in [-0.4, -0.2) is 28.1 Å². The number of thiocarbonyl (C=S) groups is 1. The lowest BCUT2D eigenvalue weighted by Crippen LogP contribution is -2.54. The molecule has 1 unspecified atom stereocenters. The molecule has 2 amide bonds. The summed E-state index contributed by atoms with van der Waals surface area (Å²) in [6.07, 6.45) is 0.971. The number of hydrogen-bond acceptors (Lipinski definition) is 4. The quantitative estimate of drug-likeness (QED) is 0.505. The van der Waals surface area contributed by atoms with Gasteiger partial charge in [-0.25, -0.2) is 0 Å². The van der Waals surface area contributed by atoms with E-state index in [9.17, 15) is 14.7 Å². The van der Waals surface area contributed by atoms with Crippen molar-refractivity contribution < 1.29 is 14.7 Å². The van der Waals surface area contributed by atoms with Gasteiger partial charge in [-0.2, -0.15) is 0 Å². The van der Waals surface area contributed by atoms with E-state index in [1.807, 2.05) is 0 Å². The molecule has 21 heavy (non-hydrogen) atoms. The highest BCUT2D eigenvalue weighted by Gasteiger charge is 2.34. The van der Waals surface area contributed by atoms with E-state index in [1.165, 1.54) is 11.0 Å². The number of rotatable bonds is 3. The Balaban J connectivity index is 2.35. The summed E-state index contributed by atoms with van der Waals surface area (Å²) >= 11 is 10.9. The molecule has 1 fully saturated rings. The van der Waals surface area contributed by atoms with Crippen LogP contribution in [0.2, 0.25) is 5.02 Å². The maximum absolute atomic E-state index is 12.4. The molecule has 5 nitrogen and oxygen atoms in total. The molecule has 1 heterocycles. The Morgan fingerprint density at radius 1 is 1.38 bits per heavy atom. The van der Waals surface area contributed by atoms with E-state index in [0.29, 0.717) is 10.7 Å². The maximum atomic E-state index is 12.4. The maximum Gasteiger partial charge on any atom is 0.269 e. The summed E-state index contributed by atoms with van der Waals surface area (Å²) in [5, 5.41) is 12.3. The third kappa shape index (κ3) is 3.47. The first-order valence-electron chi connectivity index (χ1n) is 6.23. The summed E-state index contributed by atoms with van der Waals surface area (Å²) in [5.41, 5.74) is 0.469. The number of aliphatic hydroxyl groups excluding tert-OH is 1. The van der Waals surface area contributed by atoms with Gasteiger partial charge in [0, 0.05) is 5.02 Å². The fourth-order valence-corrected chi connectivity index (χ4v) is 2.23. The van der Waals surface area contributed by atoms with Gasteiger partial charge < -0.3 is 5.11 Å². The fourth-order valence-electron chi connectivity index (χ4n) is 1.82. The normalized spacial score (nSPS) is 18.9. The van der Waals surface area contributed by atoms with Crippen LogP contribution in [0.1, 0.15) is 13.3 Å². The first-order chi connectivity index (χ1) is 9.90. The zero-order valence-corrected chi connectivity index (χ0v) is 12.7. The average Bonchev–Trinajstić information content (AvgIpc) is 2.40. The number of nitrogens with zero attached hydrogens (tertiary/aromatic N) is 1. The monoisotopic (exact) mass is 324 g/mol. The summed E-state index contributed by atoms with van der Waals surface area (Å²) < 4.78 is 0. The Kier molecular flexibility index (Phi) is 4.72. The van der Waals surface area contributed by atoms with Crippen LogP contribution in [0, 0.1) is 0 Å². The lowest BCUT2D eigenvalue weighted by molar-refractivity contribution is -0.122. The van der Waals surface area contributed by atoms with Gasteiger partial charge >= 0.3 is 0 Å². The van der Waals surface area contributed by atoms with Crippen LogP contribution >= 0.6 is 23.8 Å². The Morgan fingerprint density at radius 3 is 2.57 bits per heavy atom. The smallest absolute Gasteiger partial charge is 0.269 e. The van der Waals surface area contributed by atoms with Gasteiger partial charge in [0.1, 0.15) is 5.57 Å². The van der Waals surface area contributed by atoms with Crippen LogP contribution in [0.4, 0.5) is 5.69 Å². The minimum atomic E-state index is -0.643. The SMILES string of the molecule is CC(O)C/C=C1/C(=O)NC(=S)N(c2ccc(Cl)cc2)C1=O. The second kappa shape index (κ2) is 6.34. The number of nitrogens with one attached hydrogen (secondary N) is 1. The molecule has 0 aliphatic carbocycles. The van der Waals surface area contributed by atoms with Crippen LogP contribution in [0.15, 0.2) is 35.9 Å². The van der Waals surface area contributed by atoms with Gasteiger partial charge in [-0.3, -0.25) is 19.8 Å². The average molecular weight is 325 g/mol. The standard InChI is InChI=1S/C14H13ClN2O3S/c1-8(18)2-7-11-12(19)16-14(21)17(13(11)20)10-5-3-9(15)4-6-10/h3-8,18H,2H2,1H3,(H,16,19,21)/b11-7-. The molecule has 0 saturated carbocycles. The predicted molar refractivity (Wildman–Crippen MR) is 84.1 cm³/mol. The number of carbonyl (C=O) groups excluding carboxylic acids is 2. The number of amides is 2. The summed E-state index contributed by atoms with van der Waals surface area (Å²) in [6.45, 7) is 1.57. The van der Waals surface area contributed by atoms with Gasteiger partial charge in [0.25, 0.3) is 11.8 Å². The summed E-state index contributed by atoms with van der Waals surface area (Å²) in [7, 11) is 0. The van der Waals surface area contributed by atoms with Gasteiger partial charge in [0.05, 0.1) is 11.8 Å². The van der Waals surface area contributed by atoms with Crippen molar-refractivity contribution in [3.8, 4) is 0 Å². The van der Waals surface area contributed by atoms with E-state index in [2.05, 4.69) is 5.32 Å². The highest BCUT2D eigenvalue weighted by atomic mass is 35.5. The number of carbonyl (C=O) groups is 2. The molecule has 7 heteroatoms. The van der Waals surface area contributed by atoms with Crippen molar-refractivity contribution in [1.29, 1.82) is 0 Å². The molecular formula is C14H13ClN2O3S. The third-order valence-electron chi connectivity index (χ3n) is 2.85.